The first-order chi connectivity index (χ1) is 21.7. The van der Waals surface area contributed by atoms with Crippen molar-refractivity contribution in [2.45, 2.75) is 50.7 Å². The van der Waals surface area contributed by atoms with E-state index in [2.05, 4.69) is 51.8 Å². The number of nitrogens with zero attached hydrogens (tertiary/aromatic N) is 6. The summed E-state index contributed by atoms with van der Waals surface area (Å²) < 4.78 is 29.7. The Hall–Kier alpha value is -3.77. The van der Waals surface area contributed by atoms with Gasteiger partial charge in [-0.1, -0.05) is 12.6 Å². The van der Waals surface area contributed by atoms with Crippen molar-refractivity contribution in [1.29, 1.82) is 0 Å². The predicted octanol–water partition coefficient (Wildman–Crippen LogP) is 4.10. The molecule has 0 radical (unpaired) electrons. The van der Waals surface area contributed by atoms with Crippen molar-refractivity contribution in [2.24, 2.45) is 11.8 Å². The third-order valence-electron chi connectivity index (χ3n) is 10.1. The molecular formula is C33H41N7O4S. The average molecular weight is 632 g/mol. The molecule has 12 heteroatoms. The molecule has 0 unspecified atom stereocenters. The van der Waals surface area contributed by atoms with Crippen LogP contribution in [0, 0.1) is 11.8 Å². The summed E-state index contributed by atoms with van der Waals surface area (Å²) in [6, 6.07) is 8.46. The minimum absolute atomic E-state index is 0.0605. The van der Waals surface area contributed by atoms with E-state index in [4.69, 9.17) is 14.7 Å². The van der Waals surface area contributed by atoms with Crippen molar-refractivity contribution >= 4 is 49.8 Å². The Morgan fingerprint density at radius 2 is 1.96 bits per heavy atom. The highest BCUT2D eigenvalue weighted by Gasteiger charge is 2.40. The Morgan fingerprint density at radius 1 is 1.09 bits per heavy atom. The van der Waals surface area contributed by atoms with Gasteiger partial charge in [0.1, 0.15) is 21.5 Å². The zero-order valence-electron chi connectivity index (χ0n) is 25.9. The second-order valence-corrected chi connectivity index (χ2v) is 15.2. The highest BCUT2D eigenvalue weighted by Crippen LogP contribution is 2.42. The van der Waals surface area contributed by atoms with E-state index < -0.39 is 9.84 Å². The maximum atomic E-state index is 12.9. The average Bonchev–Trinajstić information content (AvgIpc) is 3.66. The molecule has 4 aliphatic rings. The van der Waals surface area contributed by atoms with E-state index in [0.717, 1.165) is 60.9 Å². The first-order valence-corrected chi connectivity index (χ1v) is 18.0. The lowest BCUT2D eigenvalue weighted by molar-refractivity contribution is -0.129. The van der Waals surface area contributed by atoms with Gasteiger partial charge in [0.25, 0.3) is 0 Å². The third-order valence-corrected chi connectivity index (χ3v) is 11.2. The Kier molecular flexibility index (Phi) is 7.89. The molecule has 3 aromatic rings. The number of anilines is 4. The number of carbonyl (C=O) groups excluding carboxylic acids is 1. The molecule has 2 aromatic heterocycles. The van der Waals surface area contributed by atoms with Crippen LogP contribution in [0.25, 0.3) is 10.8 Å². The van der Waals surface area contributed by atoms with E-state index >= 15 is 0 Å². The Bertz CT molecular complexity index is 1730. The maximum absolute atomic E-state index is 12.9. The molecule has 0 aliphatic carbocycles. The number of amides is 1. The number of ether oxygens (including phenoxy) is 1. The Morgan fingerprint density at radius 3 is 2.76 bits per heavy atom. The number of fused-ring (bicyclic) bond motifs is 2. The Balaban J connectivity index is 1.24. The molecule has 1 amide bonds. The third kappa shape index (κ3) is 5.74. The number of hydrogen-bond acceptors (Lipinski definition) is 10. The van der Waals surface area contributed by atoms with Gasteiger partial charge in [-0.2, -0.15) is 4.98 Å². The summed E-state index contributed by atoms with van der Waals surface area (Å²) in [5.41, 5.74) is 2.09. The number of pyridine rings is 1. The fourth-order valence-electron chi connectivity index (χ4n) is 7.69. The molecule has 5 atom stereocenters. The quantitative estimate of drug-likeness (QED) is 0.364. The van der Waals surface area contributed by atoms with Crippen LogP contribution in [0.2, 0.25) is 0 Å². The van der Waals surface area contributed by atoms with Crippen LogP contribution in [-0.4, -0.2) is 91.1 Å². The zero-order chi connectivity index (χ0) is 31.3. The molecule has 0 saturated carbocycles. The van der Waals surface area contributed by atoms with Gasteiger partial charge in [-0.25, -0.2) is 18.4 Å². The van der Waals surface area contributed by atoms with Crippen LogP contribution in [-0.2, 0) is 19.4 Å². The highest BCUT2D eigenvalue weighted by atomic mass is 32.2. The van der Waals surface area contributed by atoms with Crippen LogP contribution < -0.4 is 15.1 Å². The first-order valence-electron chi connectivity index (χ1n) is 15.9. The summed E-state index contributed by atoms with van der Waals surface area (Å²) >= 11 is 0. The predicted molar refractivity (Wildman–Crippen MR) is 176 cm³/mol. The normalized spacial score (nSPS) is 26.5. The molecular weight excluding hydrogens is 590 g/mol. The van der Waals surface area contributed by atoms with Gasteiger partial charge in [-0.05, 0) is 67.8 Å². The second-order valence-electron chi connectivity index (χ2n) is 13.0. The number of rotatable bonds is 8. The van der Waals surface area contributed by atoms with E-state index in [-0.39, 0.29) is 29.7 Å². The van der Waals surface area contributed by atoms with Gasteiger partial charge in [0.15, 0.2) is 0 Å². The molecule has 4 aliphatic heterocycles. The number of aromatic nitrogens is 3. The van der Waals surface area contributed by atoms with Crippen molar-refractivity contribution in [3.63, 3.8) is 0 Å². The maximum Gasteiger partial charge on any atom is 0.246 e. The van der Waals surface area contributed by atoms with Crippen molar-refractivity contribution in [3.8, 4) is 0 Å². The minimum Gasteiger partial charge on any atom is -0.379 e. The zero-order valence-corrected chi connectivity index (χ0v) is 26.7. The molecule has 1 aromatic carbocycles. The van der Waals surface area contributed by atoms with Gasteiger partial charge in [0, 0.05) is 67.2 Å². The lowest BCUT2D eigenvalue weighted by Gasteiger charge is -2.48. The number of benzene rings is 1. The summed E-state index contributed by atoms with van der Waals surface area (Å²) in [4.78, 5) is 33.6. The summed E-state index contributed by atoms with van der Waals surface area (Å²) in [7, 11) is -3.06. The molecule has 4 saturated heterocycles. The van der Waals surface area contributed by atoms with Gasteiger partial charge in [0.05, 0.1) is 31.1 Å². The molecule has 1 N–H and O–H groups in total. The summed E-state index contributed by atoms with van der Waals surface area (Å²) in [6.07, 6.45) is 10.3. The van der Waals surface area contributed by atoms with Crippen molar-refractivity contribution in [1.82, 2.24) is 19.9 Å². The number of nitrogens with one attached hydrogen (secondary N) is 1. The monoisotopic (exact) mass is 631 g/mol. The van der Waals surface area contributed by atoms with Gasteiger partial charge >= 0.3 is 0 Å². The SMILES string of the molecule is C=CC(=O)N1CCCC[C@H]1c1ccc(N2C[C@H](CS(C)(=O)=O)[C@H]2C)c2cnc(Nc3ccnc(N4CC[C@@H]5COC[C@@H]54)n3)cc12. The summed E-state index contributed by atoms with van der Waals surface area (Å²) in [5.74, 6) is 2.73. The fraction of sp³-hybridized carbons (Fsp3) is 0.515. The number of sulfone groups is 1. The Labute approximate surface area is 264 Å². The topological polar surface area (TPSA) is 121 Å². The molecule has 11 nitrogen and oxygen atoms in total. The van der Waals surface area contributed by atoms with Gasteiger partial charge in [-0.15, -0.1) is 0 Å². The minimum atomic E-state index is -3.06. The van der Waals surface area contributed by atoms with Crippen LogP contribution in [0.15, 0.2) is 49.3 Å². The standard InChI is InChI=1S/C33H41N7O4S/c1-4-32(41)38-13-6-5-7-27(38)24-8-9-28(40-17-23(21(40)2)20-45(3,42)43)26-16-35-31(15-25(24)26)36-30-10-12-34-33(37-30)39-14-11-22-18-44-19-29(22)39/h4,8-10,12,15-16,21-23,27,29H,1,5-7,11,13-14,17-20H2,2-3H3,(H,34,35,36,37)/t21-,22-,23-,27+,29+/m1/s1. The van der Waals surface area contributed by atoms with E-state index in [0.29, 0.717) is 49.2 Å². The number of carbonyl (C=O) groups is 1. The molecule has 4 fully saturated rings. The van der Waals surface area contributed by atoms with Crippen LogP contribution in [0.5, 0.6) is 0 Å². The smallest absolute Gasteiger partial charge is 0.246 e. The fourth-order valence-corrected chi connectivity index (χ4v) is 8.85. The number of hydrogen-bond donors (Lipinski definition) is 1. The molecule has 0 spiro atoms. The second kappa shape index (κ2) is 11.9. The van der Waals surface area contributed by atoms with E-state index in [1.54, 1.807) is 6.20 Å². The summed E-state index contributed by atoms with van der Waals surface area (Å²) in [5, 5.41) is 5.41. The molecule has 0 bridgehead atoms. The molecule has 238 valence electrons. The largest absolute Gasteiger partial charge is 0.379 e. The first kappa shape index (κ1) is 29.9. The van der Waals surface area contributed by atoms with Crippen LogP contribution in [0.3, 0.4) is 0 Å². The van der Waals surface area contributed by atoms with Crippen molar-refractivity contribution in [3.05, 3.63) is 54.9 Å². The van der Waals surface area contributed by atoms with Gasteiger partial charge < -0.3 is 24.8 Å². The van der Waals surface area contributed by atoms with E-state index in [9.17, 15) is 13.2 Å². The van der Waals surface area contributed by atoms with Gasteiger partial charge in [-0.3, -0.25) is 4.79 Å². The van der Waals surface area contributed by atoms with Gasteiger partial charge in [0.2, 0.25) is 11.9 Å². The van der Waals surface area contributed by atoms with Crippen molar-refractivity contribution < 1.29 is 17.9 Å². The molecule has 6 heterocycles. The number of likely N-dealkylation sites (tertiary alicyclic amines) is 1. The van der Waals surface area contributed by atoms with Crippen LogP contribution in [0.1, 0.15) is 44.2 Å². The van der Waals surface area contributed by atoms with Crippen LogP contribution >= 0.6 is 0 Å². The lowest BCUT2D eigenvalue weighted by atomic mass is 9.87. The van der Waals surface area contributed by atoms with E-state index in [1.807, 2.05) is 17.2 Å². The summed E-state index contributed by atoms with van der Waals surface area (Å²) in [6.45, 7) is 9.63. The van der Waals surface area contributed by atoms with Crippen molar-refractivity contribution in [2.75, 3.05) is 60.0 Å². The lowest BCUT2D eigenvalue weighted by Crippen LogP contribution is -2.57. The number of piperidine rings is 1. The molecule has 45 heavy (non-hydrogen) atoms. The highest BCUT2D eigenvalue weighted by molar-refractivity contribution is 7.90. The van der Waals surface area contributed by atoms with E-state index in [1.165, 1.54) is 12.3 Å². The molecule has 7 rings (SSSR count). The van der Waals surface area contributed by atoms with Crippen LogP contribution in [0.4, 0.5) is 23.3 Å².